The highest BCUT2D eigenvalue weighted by Crippen LogP contribution is 2.27. The molecule has 0 saturated heterocycles. The van der Waals surface area contributed by atoms with Crippen LogP contribution in [0.1, 0.15) is 46.5 Å². The monoisotopic (exact) mass is 380 g/mol. The van der Waals surface area contributed by atoms with Crippen LogP contribution < -0.4 is 5.32 Å². The van der Waals surface area contributed by atoms with Crippen LogP contribution in [0, 0.1) is 5.92 Å². The third kappa shape index (κ3) is 4.06. The molecule has 0 fully saturated rings. The van der Waals surface area contributed by atoms with Crippen molar-refractivity contribution in [3.05, 3.63) is 65.2 Å². The Labute approximate surface area is 164 Å². The number of benzene rings is 2. The Bertz CT molecular complexity index is 890. The van der Waals surface area contributed by atoms with Gasteiger partial charge in [-0.3, -0.25) is 9.59 Å². The van der Waals surface area contributed by atoms with Gasteiger partial charge in [0.25, 0.3) is 5.91 Å². The Morgan fingerprint density at radius 3 is 2.39 bits per heavy atom. The van der Waals surface area contributed by atoms with Crippen LogP contribution >= 0.6 is 0 Å². The zero-order chi connectivity index (χ0) is 20.3. The van der Waals surface area contributed by atoms with Crippen molar-refractivity contribution in [2.24, 2.45) is 5.92 Å². The van der Waals surface area contributed by atoms with Gasteiger partial charge in [-0.2, -0.15) is 0 Å². The number of amides is 2. The number of fused-ring (bicyclic) bond motifs is 1. The highest BCUT2D eigenvalue weighted by atomic mass is 16.5. The van der Waals surface area contributed by atoms with Crippen molar-refractivity contribution in [1.82, 2.24) is 4.90 Å². The molecule has 3 rings (SSSR count). The molecule has 6 nitrogen and oxygen atoms in total. The summed E-state index contributed by atoms with van der Waals surface area (Å²) in [6, 6.07) is 13.4. The van der Waals surface area contributed by atoms with Gasteiger partial charge in [0.2, 0.25) is 5.91 Å². The second-order valence-corrected chi connectivity index (χ2v) is 7.29. The van der Waals surface area contributed by atoms with Crippen molar-refractivity contribution in [2.45, 2.75) is 32.9 Å². The van der Waals surface area contributed by atoms with E-state index in [1.165, 1.54) is 7.11 Å². The van der Waals surface area contributed by atoms with E-state index in [2.05, 4.69) is 10.1 Å². The molecule has 0 spiro atoms. The summed E-state index contributed by atoms with van der Waals surface area (Å²) in [6.45, 7) is 4.49. The number of carbonyl (C=O) groups excluding carboxylic acids is 3. The SMILES string of the molecule is COC(=O)c1ccc(NC(=O)C(CC(C)C)N2Cc3ccccc3C2=O)cc1. The highest BCUT2D eigenvalue weighted by Gasteiger charge is 2.36. The first-order chi connectivity index (χ1) is 13.4. The van der Waals surface area contributed by atoms with E-state index < -0.39 is 12.0 Å². The minimum Gasteiger partial charge on any atom is -0.465 e. The second-order valence-electron chi connectivity index (χ2n) is 7.29. The summed E-state index contributed by atoms with van der Waals surface area (Å²) in [4.78, 5) is 39.0. The fraction of sp³-hybridized carbons (Fsp3) is 0.318. The van der Waals surface area contributed by atoms with Crippen molar-refractivity contribution < 1.29 is 19.1 Å². The number of hydrogen-bond acceptors (Lipinski definition) is 4. The number of carbonyl (C=O) groups is 3. The van der Waals surface area contributed by atoms with Gasteiger partial charge in [-0.15, -0.1) is 0 Å². The summed E-state index contributed by atoms with van der Waals surface area (Å²) < 4.78 is 4.68. The largest absolute Gasteiger partial charge is 0.465 e. The number of nitrogens with zero attached hydrogens (tertiary/aromatic N) is 1. The third-order valence-corrected chi connectivity index (χ3v) is 4.80. The zero-order valence-electron chi connectivity index (χ0n) is 16.3. The smallest absolute Gasteiger partial charge is 0.337 e. The van der Waals surface area contributed by atoms with Crippen LogP contribution in [0.2, 0.25) is 0 Å². The van der Waals surface area contributed by atoms with Crippen LogP contribution in [0.5, 0.6) is 0 Å². The van der Waals surface area contributed by atoms with Gasteiger partial charge < -0.3 is 15.0 Å². The predicted octanol–water partition coefficient (Wildman–Crippen LogP) is 3.48. The van der Waals surface area contributed by atoms with Gasteiger partial charge in [0, 0.05) is 17.8 Å². The molecule has 2 aromatic carbocycles. The molecule has 1 heterocycles. The average molecular weight is 380 g/mol. The molecule has 6 heteroatoms. The van der Waals surface area contributed by atoms with E-state index in [0.717, 1.165) is 5.56 Å². The molecular formula is C22H24N2O4. The Morgan fingerprint density at radius 1 is 1.11 bits per heavy atom. The molecule has 1 aliphatic rings. The lowest BCUT2D eigenvalue weighted by Crippen LogP contribution is -2.45. The molecule has 146 valence electrons. The number of rotatable bonds is 6. The molecule has 0 aromatic heterocycles. The van der Waals surface area contributed by atoms with E-state index >= 15 is 0 Å². The summed E-state index contributed by atoms with van der Waals surface area (Å²) in [7, 11) is 1.32. The fourth-order valence-corrected chi connectivity index (χ4v) is 3.38. The number of ether oxygens (including phenoxy) is 1. The van der Waals surface area contributed by atoms with Crippen LogP contribution in [0.25, 0.3) is 0 Å². The number of hydrogen-bond donors (Lipinski definition) is 1. The molecule has 0 radical (unpaired) electrons. The molecular weight excluding hydrogens is 356 g/mol. The van der Waals surface area contributed by atoms with Crippen molar-refractivity contribution in [2.75, 3.05) is 12.4 Å². The number of methoxy groups -OCH3 is 1. The summed E-state index contributed by atoms with van der Waals surface area (Å²) in [5.74, 6) is -0.539. The van der Waals surface area contributed by atoms with Gasteiger partial charge in [-0.1, -0.05) is 32.0 Å². The van der Waals surface area contributed by atoms with Crippen molar-refractivity contribution in [1.29, 1.82) is 0 Å². The van der Waals surface area contributed by atoms with E-state index in [1.807, 2.05) is 32.0 Å². The summed E-state index contributed by atoms with van der Waals surface area (Å²) in [5, 5.41) is 2.87. The molecule has 0 saturated carbocycles. The van der Waals surface area contributed by atoms with E-state index in [9.17, 15) is 14.4 Å². The lowest BCUT2D eigenvalue weighted by Gasteiger charge is -2.28. The Kier molecular flexibility index (Phi) is 5.78. The maximum absolute atomic E-state index is 13.0. The maximum atomic E-state index is 13.0. The van der Waals surface area contributed by atoms with Gasteiger partial charge in [-0.25, -0.2) is 4.79 Å². The summed E-state index contributed by atoms with van der Waals surface area (Å²) in [5.41, 5.74) is 2.57. The first-order valence-corrected chi connectivity index (χ1v) is 9.28. The van der Waals surface area contributed by atoms with Crippen LogP contribution in [-0.2, 0) is 16.1 Å². The van der Waals surface area contributed by atoms with Gasteiger partial charge in [0.05, 0.1) is 12.7 Å². The topological polar surface area (TPSA) is 75.7 Å². The van der Waals surface area contributed by atoms with Gasteiger partial charge in [0.1, 0.15) is 6.04 Å². The lowest BCUT2D eigenvalue weighted by atomic mass is 10.0. The molecule has 1 N–H and O–H groups in total. The standard InChI is InChI=1S/C22H24N2O4/c1-14(2)12-19(24-13-16-6-4-5-7-18(16)21(24)26)20(25)23-17-10-8-15(9-11-17)22(27)28-3/h4-11,14,19H,12-13H2,1-3H3,(H,23,25). The number of esters is 1. The van der Waals surface area contributed by atoms with E-state index in [0.29, 0.717) is 29.8 Å². The van der Waals surface area contributed by atoms with Crippen LogP contribution in [0.4, 0.5) is 5.69 Å². The summed E-state index contributed by atoms with van der Waals surface area (Å²) >= 11 is 0. The van der Waals surface area contributed by atoms with E-state index in [4.69, 9.17) is 0 Å². The molecule has 2 aromatic rings. The minimum atomic E-state index is -0.569. The van der Waals surface area contributed by atoms with Crippen LogP contribution in [0.3, 0.4) is 0 Å². The van der Waals surface area contributed by atoms with E-state index in [1.54, 1.807) is 35.2 Å². The normalized spacial score (nSPS) is 14.0. The number of anilines is 1. The maximum Gasteiger partial charge on any atom is 0.337 e. The molecule has 2 amide bonds. The van der Waals surface area contributed by atoms with Crippen molar-refractivity contribution in [3.8, 4) is 0 Å². The Hall–Kier alpha value is -3.15. The van der Waals surface area contributed by atoms with Gasteiger partial charge in [0.15, 0.2) is 0 Å². The predicted molar refractivity (Wildman–Crippen MR) is 106 cm³/mol. The minimum absolute atomic E-state index is 0.113. The molecule has 0 bridgehead atoms. The molecule has 1 unspecified atom stereocenters. The first kappa shape index (κ1) is 19.6. The first-order valence-electron chi connectivity index (χ1n) is 9.28. The summed E-state index contributed by atoms with van der Waals surface area (Å²) in [6.07, 6.45) is 0.561. The molecule has 1 aliphatic heterocycles. The third-order valence-electron chi connectivity index (χ3n) is 4.80. The van der Waals surface area contributed by atoms with Crippen molar-refractivity contribution >= 4 is 23.5 Å². The molecule has 28 heavy (non-hydrogen) atoms. The Morgan fingerprint density at radius 2 is 1.79 bits per heavy atom. The molecule has 0 aliphatic carbocycles. The van der Waals surface area contributed by atoms with Crippen LogP contribution in [0.15, 0.2) is 48.5 Å². The average Bonchev–Trinajstić information content (AvgIpc) is 3.02. The second kappa shape index (κ2) is 8.25. The van der Waals surface area contributed by atoms with Crippen LogP contribution in [-0.4, -0.2) is 35.8 Å². The lowest BCUT2D eigenvalue weighted by molar-refractivity contribution is -0.121. The van der Waals surface area contributed by atoms with Gasteiger partial charge in [-0.05, 0) is 48.2 Å². The molecule has 1 atom stereocenters. The number of nitrogens with one attached hydrogen (secondary N) is 1. The Balaban J connectivity index is 1.78. The quantitative estimate of drug-likeness (QED) is 0.779. The van der Waals surface area contributed by atoms with E-state index in [-0.39, 0.29) is 17.7 Å². The zero-order valence-corrected chi connectivity index (χ0v) is 16.3. The fourth-order valence-electron chi connectivity index (χ4n) is 3.38. The van der Waals surface area contributed by atoms with Crippen molar-refractivity contribution in [3.63, 3.8) is 0 Å². The highest BCUT2D eigenvalue weighted by molar-refractivity contribution is 6.03. The van der Waals surface area contributed by atoms with Gasteiger partial charge >= 0.3 is 5.97 Å².